The topological polar surface area (TPSA) is 29.5 Å². The lowest BCUT2D eigenvalue weighted by molar-refractivity contribution is -0.264. The van der Waals surface area contributed by atoms with Crippen molar-refractivity contribution < 1.29 is 31.8 Å². The molecule has 1 saturated carbocycles. The number of ether oxygens (including phenoxy) is 1. The van der Waals surface area contributed by atoms with E-state index in [0.717, 1.165) is 6.42 Å². The molecule has 1 N–H and O–H groups in total. The van der Waals surface area contributed by atoms with Crippen LogP contribution in [0.5, 0.6) is 0 Å². The summed E-state index contributed by atoms with van der Waals surface area (Å²) in [7, 11) is 0. The number of hydrogen-bond acceptors (Lipinski definition) is 2. The molecule has 1 aliphatic carbocycles. The third-order valence-corrected chi connectivity index (χ3v) is 3.34. The molecule has 0 aromatic carbocycles. The second-order valence-electron chi connectivity index (χ2n) is 5.52. The van der Waals surface area contributed by atoms with Crippen molar-refractivity contribution in [3.8, 4) is 0 Å². The van der Waals surface area contributed by atoms with E-state index in [-0.39, 0.29) is 6.92 Å². The van der Waals surface area contributed by atoms with Crippen molar-refractivity contribution in [3.63, 3.8) is 0 Å². The minimum Gasteiger partial charge on any atom is -0.379 e. The van der Waals surface area contributed by atoms with E-state index < -0.39 is 18.2 Å². The molecule has 2 unspecified atom stereocenters. The lowest BCUT2D eigenvalue weighted by Crippen LogP contribution is -2.42. The highest BCUT2D eigenvalue weighted by Gasteiger charge is 2.51. The highest BCUT2D eigenvalue weighted by atomic mass is 19.4. The van der Waals surface area contributed by atoms with Crippen LogP contribution >= 0.6 is 0 Å². The zero-order chi connectivity index (χ0) is 16.7. The summed E-state index contributed by atoms with van der Waals surface area (Å²) < 4.78 is 62.8. The Labute approximate surface area is 122 Å². The maximum atomic E-state index is 11.6. The van der Waals surface area contributed by atoms with Gasteiger partial charge in [-0.2, -0.15) is 13.2 Å². The van der Waals surface area contributed by atoms with Crippen molar-refractivity contribution >= 4 is 0 Å². The maximum Gasteiger partial charge on any atom is 0.420 e. The van der Waals surface area contributed by atoms with Gasteiger partial charge in [-0.1, -0.05) is 26.2 Å². The quantitative estimate of drug-likeness (QED) is 0.761. The van der Waals surface area contributed by atoms with Crippen LogP contribution in [0.2, 0.25) is 0 Å². The minimum absolute atomic E-state index is 0.00512. The highest BCUT2D eigenvalue weighted by molar-refractivity contribution is 4.77. The van der Waals surface area contributed by atoms with Crippen LogP contribution in [0.15, 0.2) is 0 Å². The molecule has 1 rings (SSSR count). The van der Waals surface area contributed by atoms with Crippen molar-refractivity contribution in [2.45, 2.75) is 89.7 Å². The maximum absolute atomic E-state index is 11.6. The van der Waals surface area contributed by atoms with Crippen LogP contribution in [0.4, 0.5) is 22.0 Å². The molecule has 0 bridgehead atoms. The van der Waals surface area contributed by atoms with Gasteiger partial charge in [0, 0.05) is 6.92 Å². The van der Waals surface area contributed by atoms with Crippen LogP contribution in [0.3, 0.4) is 0 Å². The molecule has 0 aliphatic heterocycles. The van der Waals surface area contributed by atoms with E-state index in [9.17, 15) is 22.0 Å². The average Bonchev–Trinajstić information content (AvgIpc) is 2.37. The Morgan fingerprint density at radius 2 is 1.57 bits per heavy atom. The Bertz CT molecular complexity index is 256. The van der Waals surface area contributed by atoms with Gasteiger partial charge in [0.25, 0.3) is 5.92 Å². The summed E-state index contributed by atoms with van der Waals surface area (Å²) in [5.74, 6) is -4.13. The van der Waals surface area contributed by atoms with E-state index in [1.165, 1.54) is 32.1 Å². The predicted molar refractivity (Wildman–Crippen MR) is 70.4 cm³/mol. The van der Waals surface area contributed by atoms with Gasteiger partial charge in [0.15, 0.2) is 0 Å². The highest BCUT2D eigenvalue weighted by Crippen LogP contribution is 2.31. The zero-order valence-corrected chi connectivity index (χ0v) is 12.7. The lowest BCUT2D eigenvalue weighted by atomic mass is 9.97. The van der Waals surface area contributed by atoms with Crippen molar-refractivity contribution in [2.75, 3.05) is 0 Å². The molecule has 0 aromatic heterocycles. The van der Waals surface area contributed by atoms with Gasteiger partial charge in [-0.25, -0.2) is 8.78 Å². The van der Waals surface area contributed by atoms with Gasteiger partial charge in [-0.3, -0.25) is 0 Å². The zero-order valence-electron chi connectivity index (χ0n) is 12.7. The van der Waals surface area contributed by atoms with Gasteiger partial charge in [-0.15, -0.1) is 0 Å². The van der Waals surface area contributed by atoms with Crippen LogP contribution in [0.25, 0.3) is 0 Å². The van der Waals surface area contributed by atoms with Crippen LogP contribution in [-0.2, 0) is 4.74 Å². The first kappa shape index (κ1) is 20.6. The number of alkyl halides is 5. The molecule has 2 nitrogen and oxygen atoms in total. The standard InChI is InChI=1S/C10H20O.C4H5F5O/c1-3-9(2)11-10-7-5-4-6-8-10;1-3(5,6)2(10)4(7,8)9/h9-10H,3-8H2,1-2H3;2,10H,1H3. The first-order chi connectivity index (χ1) is 9.48. The van der Waals surface area contributed by atoms with Crippen molar-refractivity contribution in [3.05, 3.63) is 0 Å². The molecule has 2 atom stereocenters. The predicted octanol–water partition coefficient (Wildman–Crippen LogP) is 4.70. The number of aliphatic hydroxyl groups is 1. The Morgan fingerprint density at radius 1 is 1.10 bits per heavy atom. The third-order valence-electron chi connectivity index (χ3n) is 3.34. The second kappa shape index (κ2) is 8.88. The Morgan fingerprint density at radius 3 is 1.86 bits per heavy atom. The second-order valence-corrected chi connectivity index (χ2v) is 5.52. The van der Waals surface area contributed by atoms with Gasteiger partial charge in [0.1, 0.15) is 0 Å². The number of halogens is 5. The lowest BCUT2D eigenvalue weighted by Gasteiger charge is -2.25. The molecular weight excluding hydrogens is 295 g/mol. The Kier molecular flexibility index (Phi) is 8.70. The molecule has 1 aliphatic rings. The molecule has 0 saturated heterocycles. The summed E-state index contributed by atoms with van der Waals surface area (Å²) in [5.41, 5.74) is 0. The molecule has 0 radical (unpaired) electrons. The summed E-state index contributed by atoms with van der Waals surface area (Å²) in [6.45, 7) is 4.37. The van der Waals surface area contributed by atoms with E-state index >= 15 is 0 Å². The fraction of sp³-hybridized carbons (Fsp3) is 1.00. The van der Waals surface area contributed by atoms with Crippen LogP contribution in [-0.4, -0.2) is 35.5 Å². The van der Waals surface area contributed by atoms with Crippen LogP contribution in [0.1, 0.15) is 59.3 Å². The van der Waals surface area contributed by atoms with Crippen molar-refractivity contribution in [2.24, 2.45) is 0 Å². The largest absolute Gasteiger partial charge is 0.420 e. The van der Waals surface area contributed by atoms with Crippen molar-refractivity contribution in [1.82, 2.24) is 0 Å². The van der Waals surface area contributed by atoms with Gasteiger partial charge in [0.05, 0.1) is 12.2 Å². The van der Waals surface area contributed by atoms with E-state index in [4.69, 9.17) is 9.84 Å². The molecule has 128 valence electrons. The first-order valence-electron chi connectivity index (χ1n) is 7.26. The van der Waals surface area contributed by atoms with Gasteiger partial charge >= 0.3 is 6.18 Å². The molecule has 0 spiro atoms. The molecule has 0 aromatic rings. The average molecular weight is 320 g/mol. The molecule has 1 fully saturated rings. The SMILES string of the molecule is CC(F)(F)C(O)C(F)(F)F.CCC(C)OC1CCCCC1. The molecule has 21 heavy (non-hydrogen) atoms. The fourth-order valence-corrected chi connectivity index (χ4v) is 1.91. The summed E-state index contributed by atoms with van der Waals surface area (Å²) in [4.78, 5) is 0. The van der Waals surface area contributed by atoms with Gasteiger partial charge in [0.2, 0.25) is 6.10 Å². The Hall–Kier alpha value is -0.430. The monoisotopic (exact) mass is 320 g/mol. The van der Waals surface area contributed by atoms with Crippen molar-refractivity contribution in [1.29, 1.82) is 0 Å². The Balaban J connectivity index is 0.000000384. The van der Waals surface area contributed by atoms with Gasteiger partial charge < -0.3 is 9.84 Å². The van der Waals surface area contributed by atoms with E-state index in [1.807, 2.05) is 0 Å². The summed E-state index contributed by atoms with van der Waals surface area (Å²) in [6, 6.07) is 0. The van der Waals surface area contributed by atoms with Crippen LogP contribution < -0.4 is 0 Å². The van der Waals surface area contributed by atoms with Crippen LogP contribution in [0, 0.1) is 0 Å². The number of rotatable bonds is 4. The molecule has 7 heteroatoms. The number of hydrogen-bond donors (Lipinski definition) is 1. The third kappa shape index (κ3) is 9.24. The van der Waals surface area contributed by atoms with E-state index in [2.05, 4.69) is 13.8 Å². The molecule has 0 heterocycles. The van der Waals surface area contributed by atoms with Gasteiger partial charge in [-0.05, 0) is 26.2 Å². The fourth-order valence-electron chi connectivity index (χ4n) is 1.91. The number of aliphatic hydroxyl groups excluding tert-OH is 1. The molecule has 0 amide bonds. The summed E-state index contributed by atoms with van der Waals surface area (Å²) in [5, 5.41) is 7.85. The smallest absolute Gasteiger partial charge is 0.379 e. The summed E-state index contributed by atoms with van der Waals surface area (Å²) in [6.07, 6.45) is 0.142. The summed E-state index contributed by atoms with van der Waals surface area (Å²) >= 11 is 0. The minimum atomic E-state index is -5.25. The first-order valence-corrected chi connectivity index (χ1v) is 7.26. The normalized spacial score (nSPS) is 20.4. The molecular formula is C14H25F5O2. The van der Waals surface area contributed by atoms with E-state index in [0.29, 0.717) is 12.2 Å². The van der Waals surface area contributed by atoms with E-state index in [1.54, 1.807) is 0 Å².